The van der Waals surface area contributed by atoms with E-state index < -0.39 is 0 Å². The van der Waals surface area contributed by atoms with Crippen molar-refractivity contribution in [2.24, 2.45) is 5.92 Å². The molecule has 1 saturated heterocycles. The van der Waals surface area contributed by atoms with Crippen LogP contribution in [-0.2, 0) is 9.59 Å². The summed E-state index contributed by atoms with van der Waals surface area (Å²) in [5.74, 6) is 2.87. The fourth-order valence-corrected chi connectivity index (χ4v) is 3.36. The molecule has 0 radical (unpaired) electrons. The zero-order chi connectivity index (χ0) is 18.1. The van der Waals surface area contributed by atoms with Crippen LogP contribution >= 0.6 is 0 Å². The summed E-state index contributed by atoms with van der Waals surface area (Å²) < 4.78 is 5.76. The zero-order valence-electron chi connectivity index (χ0n) is 14.8. The Labute approximate surface area is 152 Å². The first-order valence-electron chi connectivity index (χ1n) is 9.09. The lowest BCUT2D eigenvalue weighted by Gasteiger charge is -2.15. The molecule has 2 amide bonds. The molecule has 1 aliphatic carbocycles. The minimum Gasteiger partial charge on any atom is -0.461 e. The zero-order valence-corrected chi connectivity index (χ0v) is 14.8. The van der Waals surface area contributed by atoms with Gasteiger partial charge in [0.15, 0.2) is 0 Å². The summed E-state index contributed by atoms with van der Waals surface area (Å²) >= 11 is 0. The van der Waals surface area contributed by atoms with Crippen LogP contribution in [0.3, 0.4) is 0 Å². The molecule has 1 aliphatic heterocycles. The molecular weight excluding hydrogens is 328 g/mol. The van der Waals surface area contributed by atoms with Crippen molar-refractivity contribution in [1.82, 2.24) is 0 Å². The lowest BCUT2D eigenvalue weighted by Crippen LogP contribution is -2.23. The van der Waals surface area contributed by atoms with Gasteiger partial charge in [-0.2, -0.15) is 0 Å². The van der Waals surface area contributed by atoms with Gasteiger partial charge in [0.2, 0.25) is 11.8 Å². The Morgan fingerprint density at radius 3 is 2.65 bits per heavy atom. The maximum atomic E-state index is 12.1. The lowest BCUT2D eigenvalue weighted by atomic mass is 10.2. The molecule has 2 heterocycles. The Morgan fingerprint density at radius 2 is 2.00 bits per heavy atom. The third-order valence-electron chi connectivity index (χ3n) is 5.04. The standard InChI is InChI=1S/C21H22N2O3/c1-14-13-18(14)19-10-8-17(26-19)9-11-20(24)22-15-4-6-16(7-5-15)23-12-2-3-21(23)25/h4-11,14,18H,2-3,12-13H2,1H3,(H,22,24)/b11-9+. The quantitative estimate of drug-likeness (QED) is 0.823. The second-order valence-electron chi connectivity index (χ2n) is 7.08. The minimum absolute atomic E-state index is 0.156. The number of amides is 2. The number of hydrogen-bond donors (Lipinski definition) is 1. The molecule has 5 nitrogen and oxygen atoms in total. The average molecular weight is 350 g/mol. The van der Waals surface area contributed by atoms with Crippen LogP contribution in [0.1, 0.15) is 43.6 Å². The van der Waals surface area contributed by atoms with Gasteiger partial charge in [0.05, 0.1) is 0 Å². The average Bonchev–Trinajstić information content (AvgIpc) is 3.01. The van der Waals surface area contributed by atoms with Gasteiger partial charge in [-0.3, -0.25) is 9.59 Å². The Hall–Kier alpha value is -2.82. The van der Waals surface area contributed by atoms with Crippen LogP contribution < -0.4 is 10.2 Å². The molecule has 0 bridgehead atoms. The highest BCUT2D eigenvalue weighted by Gasteiger charge is 2.36. The third kappa shape index (κ3) is 3.57. The highest BCUT2D eigenvalue weighted by Crippen LogP contribution is 2.47. The van der Waals surface area contributed by atoms with Gasteiger partial charge in [-0.15, -0.1) is 0 Å². The minimum atomic E-state index is -0.215. The normalized spacial score (nSPS) is 22.2. The van der Waals surface area contributed by atoms with E-state index in [0.717, 1.165) is 24.4 Å². The molecule has 5 heteroatoms. The Morgan fingerprint density at radius 1 is 1.23 bits per heavy atom. The molecule has 1 N–H and O–H groups in total. The summed E-state index contributed by atoms with van der Waals surface area (Å²) in [6, 6.07) is 11.2. The van der Waals surface area contributed by atoms with Crippen molar-refractivity contribution >= 4 is 29.3 Å². The molecule has 2 fully saturated rings. The predicted molar refractivity (Wildman–Crippen MR) is 101 cm³/mol. The molecule has 2 atom stereocenters. The Balaban J connectivity index is 1.34. The molecule has 4 rings (SSSR count). The van der Waals surface area contributed by atoms with E-state index >= 15 is 0 Å². The monoisotopic (exact) mass is 350 g/mol. The molecule has 0 spiro atoms. The van der Waals surface area contributed by atoms with Crippen LogP contribution in [0.5, 0.6) is 0 Å². The van der Waals surface area contributed by atoms with E-state index in [2.05, 4.69) is 12.2 Å². The van der Waals surface area contributed by atoms with E-state index in [1.54, 1.807) is 11.0 Å². The van der Waals surface area contributed by atoms with Gasteiger partial charge in [0.1, 0.15) is 11.5 Å². The first kappa shape index (κ1) is 16.6. The van der Waals surface area contributed by atoms with Crippen LogP contribution in [0.15, 0.2) is 46.9 Å². The SMILES string of the molecule is CC1CC1c1ccc(/C=C/C(=O)Nc2ccc(N3CCCC3=O)cc2)o1. The van der Waals surface area contributed by atoms with Crippen LogP contribution in [0.2, 0.25) is 0 Å². The van der Waals surface area contributed by atoms with Crippen LogP contribution in [-0.4, -0.2) is 18.4 Å². The summed E-state index contributed by atoms with van der Waals surface area (Å²) in [4.78, 5) is 25.6. The number of nitrogens with zero attached hydrogens (tertiary/aromatic N) is 1. The number of anilines is 2. The molecule has 2 aromatic rings. The summed E-state index contributed by atoms with van der Waals surface area (Å²) in [6.07, 6.45) is 5.84. The van der Waals surface area contributed by atoms with Crippen molar-refractivity contribution in [3.8, 4) is 0 Å². The predicted octanol–water partition coefficient (Wildman–Crippen LogP) is 4.18. The van der Waals surface area contributed by atoms with Gasteiger partial charge in [-0.05, 0) is 61.2 Å². The van der Waals surface area contributed by atoms with Crippen LogP contribution in [0.25, 0.3) is 6.08 Å². The highest BCUT2D eigenvalue weighted by atomic mass is 16.3. The van der Waals surface area contributed by atoms with Gasteiger partial charge >= 0.3 is 0 Å². The van der Waals surface area contributed by atoms with Crippen molar-refractivity contribution in [3.63, 3.8) is 0 Å². The molecular formula is C21H22N2O3. The molecule has 1 saturated carbocycles. The molecule has 1 aromatic carbocycles. The van der Waals surface area contributed by atoms with E-state index in [0.29, 0.717) is 29.7 Å². The molecule has 1 aromatic heterocycles. The number of hydrogen-bond acceptors (Lipinski definition) is 3. The van der Waals surface area contributed by atoms with Crippen molar-refractivity contribution < 1.29 is 14.0 Å². The Bertz CT molecular complexity index is 850. The van der Waals surface area contributed by atoms with E-state index in [1.807, 2.05) is 36.4 Å². The summed E-state index contributed by atoms with van der Waals surface area (Å²) in [5, 5.41) is 2.82. The van der Waals surface area contributed by atoms with Crippen LogP contribution in [0, 0.1) is 5.92 Å². The van der Waals surface area contributed by atoms with Gasteiger partial charge in [0, 0.05) is 36.3 Å². The van der Waals surface area contributed by atoms with E-state index in [1.165, 1.54) is 12.5 Å². The fourth-order valence-electron chi connectivity index (χ4n) is 3.36. The maximum Gasteiger partial charge on any atom is 0.248 e. The molecule has 2 aliphatic rings. The molecule has 134 valence electrons. The first-order chi connectivity index (χ1) is 12.6. The first-order valence-corrected chi connectivity index (χ1v) is 9.09. The largest absolute Gasteiger partial charge is 0.461 e. The van der Waals surface area contributed by atoms with Crippen molar-refractivity contribution in [2.75, 3.05) is 16.8 Å². The molecule has 2 unspecified atom stereocenters. The van der Waals surface area contributed by atoms with Gasteiger partial charge in [-0.25, -0.2) is 0 Å². The van der Waals surface area contributed by atoms with Gasteiger partial charge in [0.25, 0.3) is 0 Å². The smallest absolute Gasteiger partial charge is 0.248 e. The highest BCUT2D eigenvalue weighted by molar-refractivity contribution is 6.02. The molecule has 26 heavy (non-hydrogen) atoms. The van der Waals surface area contributed by atoms with Crippen LogP contribution in [0.4, 0.5) is 11.4 Å². The number of furan rings is 1. The third-order valence-corrected chi connectivity index (χ3v) is 5.04. The van der Waals surface area contributed by atoms with Crippen molar-refractivity contribution in [3.05, 3.63) is 54.0 Å². The van der Waals surface area contributed by atoms with Crippen molar-refractivity contribution in [2.45, 2.75) is 32.1 Å². The van der Waals surface area contributed by atoms with Gasteiger partial charge < -0.3 is 14.6 Å². The summed E-state index contributed by atoms with van der Waals surface area (Å²) in [7, 11) is 0. The number of rotatable bonds is 5. The summed E-state index contributed by atoms with van der Waals surface area (Å²) in [6.45, 7) is 2.97. The number of benzene rings is 1. The van der Waals surface area contributed by atoms with Crippen molar-refractivity contribution in [1.29, 1.82) is 0 Å². The van der Waals surface area contributed by atoms with Gasteiger partial charge in [-0.1, -0.05) is 6.92 Å². The number of carbonyl (C=O) groups excluding carboxylic acids is 2. The maximum absolute atomic E-state index is 12.1. The lowest BCUT2D eigenvalue weighted by molar-refractivity contribution is -0.117. The number of carbonyl (C=O) groups is 2. The summed E-state index contributed by atoms with van der Waals surface area (Å²) in [5.41, 5.74) is 1.57. The van der Waals surface area contributed by atoms with E-state index in [9.17, 15) is 9.59 Å². The fraction of sp³-hybridized carbons (Fsp3) is 0.333. The number of nitrogens with one attached hydrogen (secondary N) is 1. The topological polar surface area (TPSA) is 62.6 Å². The van der Waals surface area contributed by atoms with E-state index in [4.69, 9.17) is 4.42 Å². The second kappa shape index (κ2) is 6.83. The Kier molecular flexibility index (Phi) is 4.37. The second-order valence-corrected chi connectivity index (χ2v) is 7.08. The van der Waals surface area contributed by atoms with E-state index in [-0.39, 0.29) is 11.8 Å².